The van der Waals surface area contributed by atoms with Crippen molar-refractivity contribution in [1.29, 1.82) is 0 Å². The maximum atomic E-state index is 6.10. The van der Waals surface area contributed by atoms with Gasteiger partial charge in [-0.15, -0.1) is 0 Å². The standard InChI is InChI=1S/C14H30N2/c1-3-5-7-14(15)9-11-16-10-8-13(12-16)6-4-2/h13-14H,3-12,15H2,1-2H3. The van der Waals surface area contributed by atoms with Gasteiger partial charge in [0.05, 0.1) is 0 Å². The second-order valence-corrected chi connectivity index (χ2v) is 5.43. The molecule has 0 aromatic carbocycles. The minimum atomic E-state index is 0.435. The van der Waals surface area contributed by atoms with E-state index < -0.39 is 0 Å². The maximum absolute atomic E-state index is 6.10. The molecule has 1 saturated heterocycles. The van der Waals surface area contributed by atoms with Gasteiger partial charge in [-0.25, -0.2) is 0 Å². The lowest BCUT2D eigenvalue weighted by atomic mass is 10.0. The highest BCUT2D eigenvalue weighted by Crippen LogP contribution is 2.21. The summed E-state index contributed by atoms with van der Waals surface area (Å²) in [6.07, 6.45) is 9.14. The summed E-state index contributed by atoms with van der Waals surface area (Å²) in [6.45, 7) is 8.40. The fourth-order valence-corrected chi connectivity index (χ4v) is 2.72. The van der Waals surface area contributed by atoms with Crippen LogP contribution in [0.3, 0.4) is 0 Å². The average molecular weight is 226 g/mol. The van der Waals surface area contributed by atoms with Crippen LogP contribution < -0.4 is 5.73 Å². The van der Waals surface area contributed by atoms with E-state index >= 15 is 0 Å². The van der Waals surface area contributed by atoms with Gasteiger partial charge in [-0.1, -0.05) is 33.1 Å². The van der Waals surface area contributed by atoms with Gasteiger partial charge in [-0.2, -0.15) is 0 Å². The number of likely N-dealkylation sites (tertiary alicyclic amines) is 1. The van der Waals surface area contributed by atoms with Crippen LogP contribution in [-0.2, 0) is 0 Å². The van der Waals surface area contributed by atoms with Gasteiger partial charge in [0.2, 0.25) is 0 Å². The van der Waals surface area contributed by atoms with E-state index in [1.807, 2.05) is 0 Å². The first-order valence-corrected chi connectivity index (χ1v) is 7.24. The molecule has 2 nitrogen and oxygen atoms in total. The minimum Gasteiger partial charge on any atom is -0.328 e. The van der Waals surface area contributed by atoms with Crippen LogP contribution in [0.2, 0.25) is 0 Å². The third kappa shape index (κ3) is 5.31. The summed E-state index contributed by atoms with van der Waals surface area (Å²) in [4.78, 5) is 2.62. The van der Waals surface area contributed by atoms with Gasteiger partial charge in [0.15, 0.2) is 0 Å². The monoisotopic (exact) mass is 226 g/mol. The molecule has 1 aliphatic heterocycles. The first kappa shape index (κ1) is 14.0. The van der Waals surface area contributed by atoms with E-state index in [4.69, 9.17) is 5.73 Å². The minimum absolute atomic E-state index is 0.435. The van der Waals surface area contributed by atoms with Gasteiger partial charge >= 0.3 is 0 Å². The van der Waals surface area contributed by atoms with Crippen LogP contribution in [0.4, 0.5) is 0 Å². The summed E-state index contributed by atoms with van der Waals surface area (Å²) in [5, 5.41) is 0. The van der Waals surface area contributed by atoms with Crippen molar-refractivity contribution in [2.24, 2.45) is 11.7 Å². The second kappa shape index (κ2) is 8.08. The van der Waals surface area contributed by atoms with Crippen molar-refractivity contribution in [3.05, 3.63) is 0 Å². The fourth-order valence-electron chi connectivity index (χ4n) is 2.72. The van der Waals surface area contributed by atoms with E-state index in [0.29, 0.717) is 6.04 Å². The molecule has 1 heterocycles. The largest absolute Gasteiger partial charge is 0.328 e. The van der Waals surface area contributed by atoms with Gasteiger partial charge in [-0.05, 0) is 44.7 Å². The molecular weight excluding hydrogens is 196 g/mol. The highest BCUT2D eigenvalue weighted by Gasteiger charge is 2.21. The van der Waals surface area contributed by atoms with Crippen molar-refractivity contribution >= 4 is 0 Å². The zero-order valence-corrected chi connectivity index (χ0v) is 11.3. The molecule has 0 spiro atoms. The number of nitrogens with zero attached hydrogens (tertiary/aromatic N) is 1. The quantitative estimate of drug-likeness (QED) is 0.689. The molecule has 2 unspecified atom stereocenters. The van der Waals surface area contributed by atoms with Gasteiger partial charge in [-0.3, -0.25) is 0 Å². The molecule has 0 aromatic heterocycles. The van der Waals surface area contributed by atoms with Gasteiger partial charge < -0.3 is 10.6 Å². The Morgan fingerprint density at radius 3 is 2.75 bits per heavy atom. The summed E-state index contributed by atoms with van der Waals surface area (Å²) in [5.74, 6) is 0.969. The predicted octanol–water partition coefficient (Wildman–Crippen LogP) is 3.02. The topological polar surface area (TPSA) is 29.3 Å². The summed E-state index contributed by atoms with van der Waals surface area (Å²) >= 11 is 0. The molecule has 2 atom stereocenters. The van der Waals surface area contributed by atoms with Crippen molar-refractivity contribution in [2.75, 3.05) is 19.6 Å². The lowest BCUT2D eigenvalue weighted by molar-refractivity contribution is 0.302. The lowest BCUT2D eigenvalue weighted by Gasteiger charge is -2.18. The molecule has 0 saturated carbocycles. The Hall–Kier alpha value is -0.0800. The van der Waals surface area contributed by atoms with Crippen LogP contribution in [0.1, 0.15) is 58.8 Å². The Morgan fingerprint density at radius 1 is 1.25 bits per heavy atom. The van der Waals surface area contributed by atoms with Crippen molar-refractivity contribution < 1.29 is 0 Å². The second-order valence-electron chi connectivity index (χ2n) is 5.43. The van der Waals surface area contributed by atoms with Crippen molar-refractivity contribution in [3.63, 3.8) is 0 Å². The highest BCUT2D eigenvalue weighted by molar-refractivity contribution is 4.76. The number of unbranched alkanes of at least 4 members (excludes halogenated alkanes) is 1. The lowest BCUT2D eigenvalue weighted by Crippen LogP contribution is -2.29. The van der Waals surface area contributed by atoms with Gasteiger partial charge in [0.25, 0.3) is 0 Å². The molecule has 1 aliphatic rings. The van der Waals surface area contributed by atoms with Crippen molar-refractivity contribution in [2.45, 2.75) is 64.8 Å². The first-order valence-electron chi connectivity index (χ1n) is 7.24. The first-order chi connectivity index (χ1) is 7.76. The van der Waals surface area contributed by atoms with E-state index in [0.717, 1.165) is 5.92 Å². The van der Waals surface area contributed by atoms with E-state index in [2.05, 4.69) is 18.7 Å². The van der Waals surface area contributed by atoms with Crippen LogP contribution in [-0.4, -0.2) is 30.6 Å². The predicted molar refractivity (Wildman–Crippen MR) is 71.6 cm³/mol. The molecular formula is C14H30N2. The molecule has 0 aromatic rings. The van der Waals surface area contributed by atoms with E-state index in [1.165, 1.54) is 64.6 Å². The SMILES string of the molecule is CCCCC(N)CCN1CCC(CCC)C1. The van der Waals surface area contributed by atoms with E-state index in [-0.39, 0.29) is 0 Å². The van der Waals surface area contributed by atoms with Crippen LogP contribution in [0.15, 0.2) is 0 Å². The van der Waals surface area contributed by atoms with Gasteiger partial charge in [0.1, 0.15) is 0 Å². The highest BCUT2D eigenvalue weighted by atomic mass is 15.1. The van der Waals surface area contributed by atoms with Crippen LogP contribution in [0.25, 0.3) is 0 Å². The Labute approximate surface area is 102 Å². The number of nitrogens with two attached hydrogens (primary N) is 1. The molecule has 2 N–H and O–H groups in total. The molecule has 2 heteroatoms. The van der Waals surface area contributed by atoms with Crippen LogP contribution >= 0.6 is 0 Å². The molecule has 0 radical (unpaired) electrons. The van der Waals surface area contributed by atoms with Crippen LogP contribution in [0.5, 0.6) is 0 Å². The Kier molecular flexibility index (Phi) is 7.06. The molecule has 0 bridgehead atoms. The molecule has 0 amide bonds. The van der Waals surface area contributed by atoms with Crippen molar-refractivity contribution in [3.8, 4) is 0 Å². The molecule has 0 aliphatic carbocycles. The van der Waals surface area contributed by atoms with E-state index in [1.54, 1.807) is 0 Å². The van der Waals surface area contributed by atoms with E-state index in [9.17, 15) is 0 Å². The maximum Gasteiger partial charge on any atom is 0.00510 e. The Bertz CT molecular complexity index is 170. The zero-order chi connectivity index (χ0) is 11.8. The third-order valence-corrected chi connectivity index (χ3v) is 3.81. The summed E-state index contributed by atoms with van der Waals surface area (Å²) in [6, 6.07) is 0.435. The van der Waals surface area contributed by atoms with Crippen LogP contribution in [0, 0.1) is 5.92 Å². The average Bonchev–Trinajstić information content (AvgIpc) is 2.72. The molecule has 16 heavy (non-hydrogen) atoms. The smallest absolute Gasteiger partial charge is 0.00510 e. The third-order valence-electron chi connectivity index (χ3n) is 3.81. The molecule has 1 rings (SSSR count). The van der Waals surface area contributed by atoms with Gasteiger partial charge in [0, 0.05) is 12.6 Å². The number of hydrogen-bond acceptors (Lipinski definition) is 2. The number of rotatable bonds is 8. The summed E-state index contributed by atoms with van der Waals surface area (Å²) < 4.78 is 0. The van der Waals surface area contributed by atoms with Crippen molar-refractivity contribution in [1.82, 2.24) is 4.90 Å². The molecule has 1 fully saturated rings. The normalized spacial score (nSPS) is 23.8. The Balaban J connectivity index is 2.05. The summed E-state index contributed by atoms with van der Waals surface area (Å²) in [5.41, 5.74) is 6.10. The fraction of sp³-hybridized carbons (Fsp3) is 1.00. The zero-order valence-electron chi connectivity index (χ0n) is 11.3. The Morgan fingerprint density at radius 2 is 2.06 bits per heavy atom. The number of hydrogen-bond donors (Lipinski definition) is 1. The summed E-state index contributed by atoms with van der Waals surface area (Å²) in [7, 11) is 0. The molecule has 96 valence electrons.